The molecule has 13 heteroatoms. The van der Waals surface area contributed by atoms with Gasteiger partial charge in [-0.25, -0.2) is 14.6 Å². The minimum absolute atomic E-state index is 0.117. The van der Waals surface area contributed by atoms with E-state index in [2.05, 4.69) is 35.6 Å². The summed E-state index contributed by atoms with van der Waals surface area (Å²) in [5.74, 6) is 0.260. The zero-order valence-corrected chi connectivity index (χ0v) is 27.2. The van der Waals surface area contributed by atoms with Crippen LogP contribution in [0.5, 0.6) is 0 Å². The second-order valence-electron chi connectivity index (χ2n) is 12.3. The molecule has 0 spiro atoms. The van der Waals surface area contributed by atoms with Crippen molar-refractivity contribution in [3.63, 3.8) is 0 Å². The number of imidazole rings is 1. The van der Waals surface area contributed by atoms with E-state index in [0.29, 0.717) is 47.9 Å². The maximum atomic E-state index is 12.9. The number of carbonyl (C=O) groups excluding carboxylic acids is 3. The van der Waals surface area contributed by atoms with Gasteiger partial charge in [0.05, 0.1) is 18.8 Å². The monoisotopic (exact) mass is 619 g/mol. The normalized spacial score (nSPS) is 15.8. The van der Waals surface area contributed by atoms with Gasteiger partial charge in [-0.2, -0.15) is 0 Å². The molecule has 1 atom stereocenters. The van der Waals surface area contributed by atoms with E-state index in [1.54, 1.807) is 43.5 Å². The predicted molar refractivity (Wildman–Crippen MR) is 167 cm³/mol. The Morgan fingerprint density at radius 1 is 1.19 bits per heavy atom. The van der Waals surface area contributed by atoms with Crippen molar-refractivity contribution >= 4 is 49.1 Å². The lowest BCUT2D eigenvalue weighted by Crippen LogP contribution is -2.36. The highest BCUT2D eigenvalue weighted by atomic mass is 35.5. The fraction of sp³-hybridized carbons (Fsp3) is 0.517. The molecule has 1 aromatic heterocycles. The average Bonchev–Trinajstić information content (AvgIpc) is 3.19. The lowest BCUT2D eigenvalue weighted by atomic mass is 10.1. The standard InChI is InChI=1S/C29H42ClN5O6Si/c1-29(2,3)41-28(38)33-21-11-9-8-10-12-23(36)32-22-17-19(31-27(37)39-4)13-14-20(22)24-25(30)35(26(21)34-24)18-40-15-16-42(5,6)7/h8-9,13-14,17,21H,10-12,15-16,18H2,1-7H3,(H,31,37)(H,32,36)(H,33,38). The zero-order chi connectivity index (χ0) is 31.1. The second-order valence-corrected chi connectivity index (χ2v) is 18.2. The summed E-state index contributed by atoms with van der Waals surface area (Å²) in [6.07, 6.45) is 3.65. The quantitative estimate of drug-likeness (QED) is 0.174. The van der Waals surface area contributed by atoms with Crippen LogP contribution in [0, 0.1) is 0 Å². The Bertz CT molecular complexity index is 1310. The number of rotatable bonds is 7. The number of allylic oxidation sites excluding steroid dienone is 1. The summed E-state index contributed by atoms with van der Waals surface area (Å²) in [4.78, 5) is 42.5. The number of hydrogen-bond donors (Lipinski definition) is 3. The molecule has 0 fully saturated rings. The zero-order valence-electron chi connectivity index (χ0n) is 25.4. The SMILES string of the molecule is COC(=O)Nc1ccc2c(c1)NC(=O)CCC=CCC(NC(=O)OC(C)(C)C)c1nc-2c(Cl)n1COCC[Si](C)(C)C. The largest absolute Gasteiger partial charge is 0.453 e. The van der Waals surface area contributed by atoms with E-state index in [9.17, 15) is 14.4 Å². The van der Waals surface area contributed by atoms with Gasteiger partial charge in [-0.1, -0.05) is 43.4 Å². The van der Waals surface area contributed by atoms with Crippen LogP contribution in [0.15, 0.2) is 30.4 Å². The molecule has 230 valence electrons. The van der Waals surface area contributed by atoms with Crippen molar-refractivity contribution in [3.05, 3.63) is 41.3 Å². The highest BCUT2D eigenvalue weighted by molar-refractivity contribution is 6.76. The van der Waals surface area contributed by atoms with Crippen molar-refractivity contribution in [2.75, 3.05) is 24.4 Å². The van der Waals surface area contributed by atoms with Crippen LogP contribution >= 0.6 is 11.6 Å². The molecular weight excluding hydrogens is 578 g/mol. The van der Waals surface area contributed by atoms with Crippen LogP contribution in [-0.2, 0) is 25.7 Å². The highest BCUT2D eigenvalue weighted by Crippen LogP contribution is 2.37. The van der Waals surface area contributed by atoms with Crippen molar-refractivity contribution in [1.29, 1.82) is 0 Å². The third-order valence-corrected chi connectivity index (χ3v) is 8.30. The molecule has 3 rings (SSSR count). The fourth-order valence-corrected chi connectivity index (χ4v) is 5.14. The van der Waals surface area contributed by atoms with Crippen LogP contribution in [0.3, 0.4) is 0 Å². The molecule has 3 amide bonds. The Balaban J connectivity index is 2.12. The summed E-state index contributed by atoms with van der Waals surface area (Å²) < 4.78 is 18.0. The summed E-state index contributed by atoms with van der Waals surface area (Å²) in [5, 5.41) is 8.76. The number of carbonyl (C=O) groups is 3. The molecule has 2 bridgehead atoms. The number of ether oxygens (including phenoxy) is 3. The molecule has 11 nitrogen and oxygen atoms in total. The molecule has 1 unspecified atom stereocenters. The first-order valence-corrected chi connectivity index (χ1v) is 18.0. The van der Waals surface area contributed by atoms with Gasteiger partial charge in [0.1, 0.15) is 29.0 Å². The van der Waals surface area contributed by atoms with Gasteiger partial charge in [0, 0.05) is 32.4 Å². The van der Waals surface area contributed by atoms with Crippen molar-refractivity contribution < 1.29 is 28.6 Å². The van der Waals surface area contributed by atoms with Gasteiger partial charge < -0.3 is 24.8 Å². The third kappa shape index (κ3) is 9.88. The number of hydrogen-bond acceptors (Lipinski definition) is 7. The van der Waals surface area contributed by atoms with Crippen LogP contribution in [-0.4, -0.2) is 55.0 Å². The molecule has 0 saturated carbocycles. The van der Waals surface area contributed by atoms with Crippen LogP contribution < -0.4 is 16.0 Å². The summed E-state index contributed by atoms with van der Waals surface area (Å²) in [5.41, 5.74) is 1.06. The summed E-state index contributed by atoms with van der Waals surface area (Å²) >= 11 is 6.99. The number of methoxy groups -OCH3 is 1. The molecule has 0 radical (unpaired) electrons. The number of anilines is 2. The maximum absolute atomic E-state index is 12.9. The summed E-state index contributed by atoms with van der Waals surface area (Å²) in [6.45, 7) is 12.9. The minimum Gasteiger partial charge on any atom is -0.453 e. The number of fused-ring (bicyclic) bond motifs is 4. The van der Waals surface area contributed by atoms with Crippen LogP contribution in [0.4, 0.5) is 21.0 Å². The van der Waals surface area contributed by atoms with E-state index in [1.807, 2.05) is 12.2 Å². The van der Waals surface area contributed by atoms with Crippen LogP contribution in [0.1, 0.15) is 51.9 Å². The molecular formula is C29H42ClN5O6Si. The summed E-state index contributed by atoms with van der Waals surface area (Å²) in [7, 11) is -0.0689. The van der Waals surface area contributed by atoms with Gasteiger partial charge in [0.25, 0.3) is 0 Å². The van der Waals surface area contributed by atoms with Gasteiger partial charge in [0.15, 0.2) is 0 Å². The van der Waals surface area contributed by atoms with Gasteiger partial charge in [-0.05, 0) is 57.9 Å². The van der Waals surface area contributed by atoms with Gasteiger partial charge in [-0.3, -0.25) is 14.7 Å². The first kappa shape index (κ1) is 33.2. The van der Waals surface area contributed by atoms with Gasteiger partial charge in [0.2, 0.25) is 5.91 Å². The smallest absolute Gasteiger partial charge is 0.411 e. The van der Waals surface area contributed by atoms with E-state index < -0.39 is 31.9 Å². The predicted octanol–water partition coefficient (Wildman–Crippen LogP) is 6.94. The van der Waals surface area contributed by atoms with E-state index in [0.717, 1.165) is 6.04 Å². The number of nitrogens with one attached hydrogen (secondary N) is 3. The lowest BCUT2D eigenvalue weighted by molar-refractivity contribution is -0.116. The third-order valence-electron chi connectivity index (χ3n) is 6.21. The van der Waals surface area contributed by atoms with Crippen molar-refractivity contribution in [1.82, 2.24) is 14.9 Å². The first-order chi connectivity index (χ1) is 19.7. The molecule has 42 heavy (non-hydrogen) atoms. The molecule has 2 heterocycles. The number of alkyl carbamates (subject to hydrolysis) is 1. The Labute approximate surface area is 253 Å². The number of nitrogens with zero attached hydrogens (tertiary/aromatic N) is 2. The molecule has 0 saturated heterocycles. The van der Waals surface area contributed by atoms with Crippen molar-refractivity contribution in [2.45, 2.75) is 84.1 Å². The van der Waals surface area contributed by atoms with Crippen LogP contribution in [0.25, 0.3) is 11.3 Å². The molecule has 1 aliphatic rings. The molecule has 1 aromatic carbocycles. The highest BCUT2D eigenvalue weighted by Gasteiger charge is 2.28. The van der Waals surface area contributed by atoms with E-state index >= 15 is 0 Å². The second kappa shape index (κ2) is 14.2. The Kier molecular flexibility index (Phi) is 11.2. The topological polar surface area (TPSA) is 133 Å². The molecule has 1 aliphatic heterocycles. The van der Waals surface area contributed by atoms with Crippen molar-refractivity contribution in [2.24, 2.45) is 0 Å². The van der Waals surface area contributed by atoms with Gasteiger partial charge >= 0.3 is 12.2 Å². The fourth-order valence-electron chi connectivity index (χ4n) is 4.10. The maximum Gasteiger partial charge on any atom is 0.411 e. The van der Waals surface area contributed by atoms with Crippen molar-refractivity contribution in [3.8, 4) is 11.3 Å². The van der Waals surface area contributed by atoms with E-state index in [1.165, 1.54) is 7.11 Å². The van der Waals surface area contributed by atoms with Gasteiger partial charge in [-0.15, -0.1) is 0 Å². The van der Waals surface area contributed by atoms with E-state index in [-0.39, 0.29) is 24.2 Å². The number of aromatic nitrogens is 2. The number of benzene rings is 1. The minimum atomic E-state index is -1.34. The first-order valence-electron chi connectivity index (χ1n) is 13.9. The number of halogens is 1. The lowest BCUT2D eigenvalue weighted by Gasteiger charge is -2.24. The van der Waals surface area contributed by atoms with E-state index in [4.69, 9.17) is 30.8 Å². The molecule has 3 N–H and O–H groups in total. The summed E-state index contributed by atoms with van der Waals surface area (Å²) in [6, 6.07) is 5.36. The van der Waals surface area contributed by atoms with Crippen LogP contribution in [0.2, 0.25) is 30.8 Å². The molecule has 0 aliphatic carbocycles. The Morgan fingerprint density at radius 2 is 1.93 bits per heavy atom. The average molecular weight is 620 g/mol. The number of amides is 3. The Morgan fingerprint density at radius 3 is 2.60 bits per heavy atom. The Hall–Kier alpha value is -3.35. The molecule has 2 aromatic rings.